The predicted octanol–water partition coefficient (Wildman–Crippen LogP) is 3.33. The van der Waals surface area contributed by atoms with Crippen LogP contribution in [-0.4, -0.2) is 49.0 Å². The zero-order valence-electron chi connectivity index (χ0n) is 16.0. The van der Waals surface area contributed by atoms with Crippen LogP contribution in [0.1, 0.15) is 44.7 Å². The molecule has 0 aromatic heterocycles. The van der Waals surface area contributed by atoms with Gasteiger partial charge < -0.3 is 10.2 Å². The lowest BCUT2D eigenvalue weighted by Crippen LogP contribution is -2.45. The third-order valence-electron chi connectivity index (χ3n) is 5.15. The van der Waals surface area contributed by atoms with E-state index in [2.05, 4.69) is 72.2 Å². The summed E-state index contributed by atoms with van der Waals surface area (Å²) in [6.45, 7) is 10.8. The van der Waals surface area contributed by atoms with Gasteiger partial charge >= 0.3 is 0 Å². The van der Waals surface area contributed by atoms with Crippen LogP contribution in [0.25, 0.3) is 0 Å². The molecule has 0 radical (unpaired) electrons. The fourth-order valence-corrected chi connectivity index (χ4v) is 3.06. The van der Waals surface area contributed by atoms with Crippen molar-refractivity contribution in [3.05, 3.63) is 35.4 Å². The summed E-state index contributed by atoms with van der Waals surface area (Å²) in [4.78, 5) is 9.26. The highest BCUT2D eigenvalue weighted by molar-refractivity contribution is 5.80. The van der Waals surface area contributed by atoms with Gasteiger partial charge in [-0.25, -0.2) is 0 Å². The molecule has 0 unspecified atom stereocenters. The molecule has 0 amide bonds. The van der Waals surface area contributed by atoms with Gasteiger partial charge in [0.05, 0.1) is 0 Å². The van der Waals surface area contributed by atoms with E-state index >= 15 is 0 Å². The molecule has 4 heteroatoms. The third-order valence-corrected chi connectivity index (χ3v) is 5.15. The van der Waals surface area contributed by atoms with Crippen LogP contribution in [-0.2, 0) is 13.1 Å². The first-order valence-electron chi connectivity index (χ1n) is 9.24. The SMILES string of the molecule is CN=C(NCc1ccccc1CN(C)C(C)C)N1CCC(C)CC1. The van der Waals surface area contributed by atoms with Crippen molar-refractivity contribution < 1.29 is 0 Å². The second-order valence-electron chi connectivity index (χ2n) is 7.35. The first-order valence-corrected chi connectivity index (χ1v) is 9.24. The molecular weight excluding hydrogens is 296 g/mol. The molecule has 1 aromatic rings. The van der Waals surface area contributed by atoms with Gasteiger partial charge in [-0.2, -0.15) is 0 Å². The number of hydrogen-bond donors (Lipinski definition) is 1. The Labute approximate surface area is 147 Å². The Morgan fingerprint density at radius 2 is 1.88 bits per heavy atom. The van der Waals surface area contributed by atoms with Crippen LogP contribution < -0.4 is 5.32 Å². The summed E-state index contributed by atoms with van der Waals surface area (Å²) in [5.74, 6) is 1.88. The van der Waals surface area contributed by atoms with Gasteiger partial charge in [0, 0.05) is 39.3 Å². The van der Waals surface area contributed by atoms with Crippen molar-refractivity contribution in [3.63, 3.8) is 0 Å². The van der Waals surface area contributed by atoms with Crippen molar-refractivity contribution in [2.45, 2.75) is 52.7 Å². The van der Waals surface area contributed by atoms with Gasteiger partial charge in [-0.05, 0) is 50.8 Å². The van der Waals surface area contributed by atoms with Gasteiger partial charge in [0.25, 0.3) is 0 Å². The second-order valence-corrected chi connectivity index (χ2v) is 7.35. The molecule has 0 aliphatic carbocycles. The largest absolute Gasteiger partial charge is 0.352 e. The Bertz CT molecular complexity index is 530. The van der Waals surface area contributed by atoms with Gasteiger partial charge in [0.15, 0.2) is 5.96 Å². The monoisotopic (exact) mass is 330 g/mol. The molecule has 1 aromatic carbocycles. The Morgan fingerprint density at radius 1 is 1.25 bits per heavy atom. The molecule has 4 nitrogen and oxygen atoms in total. The smallest absolute Gasteiger partial charge is 0.193 e. The molecule has 1 aliphatic heterocycles. The summed E-state index contributed by atoms with van der Waals surface area (Å²) in [6, 6.07) is 9.27. The lowest BCUT2D eigenvalue weighted by atomic mass is 9.99. The van der Waals surface area contributed by atoms with Crippen LogP contribution in [0, 0.1) is 5.92 Å². The molecule has 1 heterocycles. The normalized spacial score (nSPS) is 17.0. The molecule has 1 saturated heterocycles. The Kier molecular flexibility index (Phi) is 7.10. The average Bonchev–Trinajstić information content (AvgIpc) is 2.58. The topological polar surface area (TPSA) is 30.9 Å². The van der Waals surface area contributed by atoms with Gasteiger partial charge in [-0.3, -0.25) is 9.89 Å². The van der Waals surface area contributed by atoms with Gasteiger partial charge in [0.2, 0.25) is 0 Å². The van der Waals surface area contributed by atoms with Crippen molar-refractivity contribution >= 4 is 5.96 Å². The first-order chi connectivity index (χ1) is 11.5. The number of piperidine rings is 1. The number of aliphatic imine (C=N–C) groups is 1. The van der Waals surface area contributed by atoms with Gasteiger partial charge in [0.1, 0.15) is 0 Å². The molecule has 1 aliphatic rings. The van der Waals surface area contributed by atoms with Crippen LogP contribution in [0.2, 0.25) is 0 Å². The minimum Gasteiger partial charge on any atom is -0.352 e. The molecular formula is C20H34N4. The predicted molar refractivity (Wildman–Crippen MR) is 103 cm³/mol. The lowest BCUT2D eigenvalue weighted by molar-refractivity contribution is 0.264. The number of benzene rings is 1. The fraction of sp³-hybridized carbons (Fsp3) is 0.650. The number of guanidine groups is 1. The summed E-state index contributed by atoms with van der Waals surface area (Å²) in [5, 5.41) is 3.57. The van der Waals surface area contributed by atoms with Crippen molar-refractivity contribution in [1.29, 1.82) is 0 Å². The van der Waals surface area contributed by atoms with E-state index in [0.29, 0.717) is 6.04 Å². The van der Waals surface area contributed by atoms with E-state index in [1.54, 1.807) is 0 Å². The van der Waals surface area contributed by atoms with Crippen molar-refractivity contribution in [3.8, 4) is 0 Å². The highest BCUT2D eigenvalue weighted by atomic mass is 15.3. The number of hydrogen-bond acceptors (Lipinski definition) is 2. The van der Waals surface area contributed by atoms with E-state index in [-0.39, 0.29) is 0 Å². The zero-order valence-corrected chi connectivity index (χ0v) is 16.0. The molecule has 0 spiro atoms. The minimum atomic E-state index is 0.550. The first kappa shape index (κ1) is 18.8. The molecule has 0 atom stereocenters. The van der Waals surface area contributed by atoms with E-state index in [1.807, 2.05) is 7.05 Å². The van der Waals surface area contributed by atoms with Crippen molar-refractivity contribution in [2.75, 3.05) is 27.2 Å². The standard InChI is InChI=1S/C20H34N4/c1-16(2)23(5)15-19-9-7-6-8-18(19)14-22-20(21-4)24-12-10-17(3)11-13-24/h6-9,16-17H,10-15H2,1-5H3,(H,21,22). The third kappa shape index (κ3) is 5.23. The quantitative estimate of drug-likeness (QED) is 0.663. The van der Waals surface area contributed by atoms with E-state index < -0.39 is 0 Å². The van der Waals surface area contributed by atoms with E-state index in [1.165, 1.54) is 24.0 Å². The van der Waals surface area contributed by atoms with E-state index in [4.69, 9.17) is 0 Å². The van der Waals surface area contributed by atoms with Gasteiger partial charge in [-0.1, -0.05) is 31.2 Å². The molecule has 1 fully saturated rings. The van der Waals surface area contributed by atoms with Crippen LogP contribution in [0.15, 0.2) is 29.3 Å². The highest BCUT2D eigenvalue weighted by Crippen LogP contribution is 2.16. The maximum atomic E-state index is 4.49. The Morgan fingerprint density at radius 3 is 2.46 bits per heavy atom. The molecule has 24 heavy (non-hydrogen) atoms. The summed E-state index contributed by atoms with van der Waals surface area (Å²) in [7, 11) is 4.07. The molecule has 2 rings (SSSR count). The summed E-state index contributed by atoms with van der Waals surface area (Å²) >= 11 is 0. The second kappa shape index (κ2) is 9.07. The Hall–Kier alpha value is -1.55. The van der Waals surface area contributed by atoms with Crippen LogP contribution in [0.5, 0.6) is 0 Å². The molecule has 1 N–H and O–H groups in total. The maximum absolute atomic E-state index is 4.49. The summed E-state index contributed by atoms with van der Waals surface area (Å²) < 4.78 is 0. The average molecular weight is 331 g/mol. The van der Waals surface area contributed by atoms with E-state index in [0.717, 1.165) is 38.1 Å². The summed E-state index contributed by atoms with van der Waals surface area (Å²) in [5.41, 5.74) is 2.75. The van der Waals surface area contributed by atoms with Gasteiger partial charge in [-0.15, -0.1) is 0 Å². The van der Waals surface area contributed by atoms with Crippen molar-refractivity contribution in [1.82, 2.24) is 15.1 Å². The minimum absolute atomic E-state index is 0.550. The lowest BCUT2D eigenvalue weighted by Gasteiger charge is -2.33. The zero-order chi connectivity index (χ0) is 17.5. The number of likely N-dealkylation sites (tertiary alicyclic amines) is 1. The molecule has 0 saturated carbocycles. The number of nitrogens with one attached hydrogen (secondary N) is 1. The van der Waals surface area contributed by atoms with Crippen LogP contribution in [0.4, 0.5) is 0 Å². The number of rotatable bonds is 5. The van der Waals surface area contributed by atoms with Crippen LogP contribution in [0.3, 0.4) is 0 Å². The summed E-state index contributed by atoms with van der Waals surface area (Å²) in [6.07, 6.45) is 2.52. The fourth-order valence-electron chi connectivity index (χ4n) is 3.06. The van der Waals surface area contributed by atoms with E-state index in [9.17, 15) is 0 Å². The molecule has 0 bridgehead atoms. The highest BCUT2D eigenvalue weighted by Gasteiger charge is 2.18. The van der Waals surface area contributed by atoms with Crippen LogP contribution >= 0.6 is 0 Å². The Balaban J connectivity index is 1.98. The van der Waals surface area contributed by atoms with Crippen molar-refractivity contribution in [2.24, 2.45) is 10.9 Å². The number of nitrogens with zero attached hydrogens (tertiary/aromatic N) is 3. The maximum Gasteiger partial charge on any atom is 0.193 e. The molecule has 134 valence electrons.